The van der Waals surface area contributed by atoms with Crippen LogP contribution in [0.15, 0.2) is 0 Å². The molecular formula is CH4MgO3S. The van der Waals surface area contributed by atoms with Crippen LogP contribution in [0.4, 0.5) is 0 Å². The summed E-state index contributed by atoms with van der Waals surface area (Å²) in [5.74, 6) is 0. The van der Waals surface area contributed by atoms with Crippen LogP contribution in [0.25, 0.3) is 0 Å². The Morgan fingerprint density at radius 1 is 1.50 bits per heavy atom. The lowest BCUT2D eigenvalue weighted by atomic mass is 12.0. The average Bonchev–Trinajstić information content (AvgIpc) is 0.722. The van der Waals surface area contributed by atoms with Crippen LogP contribution in [0.2, 0.25) is 0 Å². The van der Waals surface area contributed by atoms with E-state index in [0.29, 0.717) is 6.26 Å². The molecule has 0 amide bonds. The van der Waals surface area contributed by atoms with Gasteiger partial charge in [-0.15, -0.1) is 0 Å². The SMILES string of the molecule is CS(=O)(=O)O.[Mg]. The summed E-state index contributed by atoms with van der Waals surface area (Å²) in [6.07, 6.45) is 0.715. The van der Waals surface area contributed by atoms with Crippen LogP contribution in [0, 0.1) is 0 Å². The van der Waals surface area contributed by atoms with E-state index in [2.05, 4.69) is 0 Å². The van der Waals surface area contributed by atoms with Gasteiger partial charge >= 0.3 is 0 Å². The Kier molecular flexibility index (Phi) is 4.57. The summed E-state index contributed by atoms with van der Waals surface area (Å²) in [6, 6.07) is 0. The molecule has 0 aromatic heterocycles. The first kappa shape index (κ1) is 9.84. The molecule has 0 aliphatic rings. The summed E-state index contributed by atoms with van der Waals surface area (Å²) >= 11 is 0. The van der Waals surface area contributed by atoms with Gasteiger partial charge in [0.1, 0.15) is 0 Å². The van der Waals surface area contributed by atoms with Crippen LogP contribution in [-0.2, 0) is 10.1 Å². The summed E-state index contributed by atoms with van der Waals surface area (Å²) in [6.45, 7) is 0. The van der Waals surface area contributed by atoms with Crippen molar-refractivity contribution in [1.29, 1.82) is 0 Å². The van der Waals surface area contributed by atoms with Crippen molar-refractivity contribution in [1.82, 2.24) is 0 Å². The molecule has 0 bridgehead atoms. The van der Waals surface area contributed by atoms with E-state index in [1.165, 1.54) is 0 Å². The Morgan fingerprint density at radius 2 is 1.50 bits per heavy atom. The van der Waals surface area contributed by atoms with E-state index >= 15 is 0 Å². The van der Waals surface area contributed by atoms with Crippen molar-refractivity contribution in [3.8, 4) is 0 Å². The summed E-state index contributed by atoms with van der Waals surface area (Å²) < 4.78 is 25.9. The highest BCUT2D eigenvalue weighted by molar-refractivity contribution is 7.85. The van der Waals surface area contributed by atoms with Gasteiger partial charge in [-0.3, -0.25) is 4.55 Å². The molecule has 0 spiro atoms. The minimum Gasteiger partial charge on any atom is -0.286 e. The Hall–Kier alpha value is 0.676. The van der Waals surface area contributed by atoms with Crippen LogP contribution < -0.4 is 0 Å². The average molecular weight is 120 g/mol. The molecule has 5 heteroatoms. The van der Waals surface area contributed by atoms with Crippen molar-refractivity contribution in [3.05, 3.63) is 0 Å². The van der Waals surface area contributed by atoms with Crippen LogP contribution >= 0.6 is 0 Å². The molecule has 0 aromatic rings. The highest BCUT2D eigenvalue weighted by Gasteiger charge is 1.81. The Bertz CT molecular complexity index is 94.0. The molecular weight excluding hydrogens is 116 g/mol. The maximum Gasteiger partial charge on any atom is 0.261 e. The Labute approximate surface area is 52.6 Å². The fourth-order valence-electron chi connectivity index (χ4n) is 0. The van der Waals surface area contributed by atoms with Crippen molar-refractivity contribution in [2.45, 2.75) is 0 Å². The van der Waals surface area contributed by atoms with Gasteiger partial charge < -0.3 is 0 Å². The van der Waals surface area contributed by atoms with Crippen LogP contribution in [-0.4, -0.2) is 42.3 Å². The molecule has 0 aromatic carbocycles. The van der Waals surface area contributed by atoms with Crippen molar-refractivity contribution in [2.75, 3.05) is 6.26 Å². The third kappa shape index (κ3) is 138. The molecule has 0 fully saturated rings. The smallest absolute Gasteiger partial charge is 0.261 e. The van der Waals surface area contributed by atoms with E-state index in [-0.39, 0.29) is 23.1 Å². The largest absolute Gasteiger partial charge is 0.286 e. The second kappa shape index (κ2) is 2.78. The quantitative estimate of drug-likeness (QED) is 0.334. The van der Waals surface area contributed by atoms with Gasteiger partial charge in [0, 0.05) is 23.1 Å². The van der Waals surface area contributed by atoms with E-state index in [4.69, 9.17) is 4.55 Å². The van der Waals surface area contributed by atoms with Gasteiger partial charge in [0.15, 0.2) is 0 Å². The van der Waals surface area contributed by atoms with E-state index in [0.717, 1.165) is 0 Å². The van der Waals surface area contributed by atoms with Gasteiger partial charge in [-0.25, -0.2) is 0 Å². The van der Waals surface area contributed by atoms with Crippen molar-refractivity contribution in [2.24, 2.45) is 0 Å². The lowest BCUT2D eigenvalue weighted by Gasteiger charge is -1.69. The summed E-state index contributed by atoms with van der Waals surface area (Å²) in [5, 5.41) is 0. The fourth-order valence-corrected chi connectivity index (χ4v) is 0. The molecule has 0 rings (SSSR count). The molecule has 34 valence electrons. The molecule has 0 unspecified atom stereocenters. The highest BCUT2D eigenvalue weighted by Crippen LogP contribution is 1.60. The Balaban J connectivity index is 0. The van der Waals surface area contributed by atoms with Crippen molar-refractivity contribution < 1.29 is 13.0 Å². The van der Waals surface area contributed by atoms with Crippen LogP contribution in [0.3, 0.4) is 0 Å². The number of hydrogen-bond donors (Lipinski definition) is 1. The lowest BCUT2D eigenvalue weighted by Crippen LogP contribution is -1.88. The number of hydrogen-bond acceptors (Lipinski definition) is 2. The third-order valence-electron chi connectivity index (χ3n) is 0. The first-order chi connectivity index (χ1) is 2.00. The molecule has 0 saturated carbocycles. The molecule has 3 nitrogen and oxygen atoms in total. The normalized spacial score (nSPS) is 9.67. The van der Waals surface area contributed by atoms with Crippen LogP contribution in [0.5, 0.6) is 0 Å². The summed E-state index contributed by atoms with van der Waals surface area (Å²) in [4.78, 5) is 0. The van der Waals surface area contributed by atoms with E-state index in [9.17, 15) is 8.42 Å². The highest BCUT2D eigenvalue weighted by atomic mass is 32.2. The Morgan fingerprint density at radius 3 is 1.50 bits per heavy atom. The minimum absolute atomic E-state index is 0. The maximum absolute atomic E-state index is 9.19. The second-order valence-corrected chi connectivity index (χ2v) is 2.20. The van der Waals surface area contributed by atoms with E-state index in [1.54, 1.807) is 0 Å². The summed E-state index contributed by atoms with van der Waals surface area (Å²) in [7, 11) is -3.67. The first-order valence-corrected chi connectivity index (χ1v) is 2.77. The van der Waals surface area contributed by atoms with Gasteiger partial charge in [0.2, 0.25) is 0 Å². The second-order valence-electron chi connectivity index (χ2n) is 0.733. The van der Waals surface area contributed by atoms with Gasteiger partial charge in [0.05, 0.1) is 6.26 Å². The van der Waals surface area contributed by atoms with Gasteiger partial charge in [-0.05, 0) is 0 Å². The van der Waals surface area contributed by atoms with Gasteiger partial charge in [0.25, 0.3) is 10.1 Å². The molecule has 0 saturated heterocycles. The third-order valence-corrected chi connectivity index (χ3v) is 0. The molecule has 6 heavy (non-hydrogen) atoms. The fraction of sp³-hybridized carbons (Fsp3) is 1.00. The molecule has 2 radical (unpaired) electrons. The molecule has 0 atom stereocenters. The van der Waals surface area contributed by atoms with E-state index < -0.39 is 10.1 Å². The van der Waals surface area contributed by atoms with Gasteiger partial charge in [-0.1, -0.05) is 0 Å². The molecule has 0 heterocycles. The lowest BCUT2D eigenvalue weighted by molar-refractivity contribution is 0.490. The molecule has 0 aliphatic heterocycles. The standard InChI is InChI=1S/CH4O3S.Mg/c1-5(2,3)4;/h1H3,(H,2,3,4);. The predicted octanol–water partition coefficient (Wildman–Crippen LogP) is -0.877. The molecule has 1 N–H and O–H groups in total. The van der Waals surface area contributed by atoms with Crippen molar-refractivity contribution >= 4 is 33.2 Å². The van der Waals surface area contributed by atoms with Crippen molar-refractivity contribution in [3.63, 3.8) is 0 Å². The predicted molar refractivity (Wildman–Crippen MR) is 23.2 cm³/mol. The zero-order valence-corrected chi connectivity index (χ0v) is 5.61. The number of rotatable bonds is 0. The van der Waals surface area contributed by atoms with Gasteiger partial charge in [-0.2, -0.15) is 8.42 Å². The monoisotopic (exact) mass is 120 g/mol. The minimum atomic E-state index is -3.67. The van der Waals surface area contributed by atoms with E-state index in [1.807, 2.05) is 0 Å². The topological polar surface area (TPSA) is 54.4 Å². The molecule has 0 aliphatic carbocycles. The summed E-state index contributed by atoms with van der Waals surface area (Å²) in [5.41, 5.74) is 0. The zero-order valence-electron chi connectivity index (χ0n) is 3.38. The zero-order chi connectivity index (χ0) is 4.50. The first-order valence-electron chi connectivity index (χ1n) is 0.924. The maximum atomic E-state index is 9.19. The van der Waals surface area contributed by atoms with Crippen LogP contribution in [0.1, 0.15) is 0 Å².